The summed E-state index contributed by atoms with van der Waals surface area (Å²) in [5, 5.41) is 8.11. The van der Waals surface area contributed by atoms with E-state index in [1.165, 1.54) is 37.9 Å². The van der Waals surface area contributed by atoms with E-state index in [1.54, 1.807) is 0 Å². The quantitative estimate of drug-likeness (QED) is 0.383. The van der Waals surface area contributed by atoms with Crippen LogP contribution >= 0.6 is 0 Å². The van der Waals surface area contributed by atoms with E-state index in [4.69, 9.17) is 0 Å². The van der Waals surface area contributed by atoms with Gasteiger partial charge in [-0.2, -0.15) is 0 Å². The molecule has 0 bridgehead atoms. The summed E-state index contributed by atoms with van der Waals surface area (Å²) >= 11 is 0. The molecule has 20 heavy (non-hydrogen) atoms. The smallest absolute Gasteiger partial charge is 0.0139 e. The van der Waals surface area contributed by atoms with Gasteiger partial charge in [-0.25, -0.2) is 0 Å². The van der Waals surface area contributed by atoms with E-state index in [2.05, 4.69) is 73.7 Å². The molecular formula is C20H16. The lowest BCUT2D eigenvalue weighted by Gasteiger charge is -2.11. The third-order valence-electron chi connectivity index (χ3n) is 4.19. The van der Waals surface area contributed by atoms with Gasteiger partial charge in [0.1, 0.15) is 0 Å². The summed E-state index contributed by atoms with van der Waals surface area (Å²) < 4.78 is 0. The fraction of sp³-hybridized carbons (Fsp3) is 0.100. The van der Waals surface area contributed by atoms with Crippen molar-refractivity contribution in [3.63, 3.8) is 0 Å². The first kappa shape index (κ1) is 11.5. The first-order chi connectivity index (χ1) is 9.86. The first-order valence-electron chi connectivity index (χ1n) is 7.20. The highest BCUT2D eigenvalue weighted by molar-refractivity contribution is 6.07. The molecule has 0 aliphatic carbocycles. The Bertz CT molecular complexity index is 927. The zero-order valence-electron chi connectivity index (χ0n) is 11.6. The average molecular weight is 256 g/mol. The van der Waals surface area contributed by atoms with E-state index < -0.39 is 0 Å². The molecule has 4 aromatic rings. The van der Waals surface area contributed by atoms with Crippen LogP contribution in [0.1, 0.15) is 12.5 Å². The highest BCUT2D eigenvalue weighted by Gasteiger charge is 2.07. The summed E-state index contributed by atoms with van der Waals surface area (Å²) in [6.45, 7) is 2.25. The van der Waals surface area contributed by atoms with Gasteiger partial charge < -0.3 is 0 Å². The SMILES string of the molecule is CCc1c2ccccc2cc2cc3ccccc3cc12. The third kappa shape index (κ3) is 1.61. The van der Waals surface area contributed by atoms with Crippen LogP contribution in [0.4, 0.5) is 0 Å². The zero-order chi connectivity index (χ0) is 13.5. The van der Waals surface area contributed by atoms with Gasteiger partial charge in [0.15, 0.2) is 0 Å². The summed E-state index contributed by atoms with van der Waals surface area (Å²) in [7, 11) is 0. The van der Waals surface area contributed by atoms with E-state index in [0.717, 1.165) is 6.42 Å². The number of rotatable bonds is 1. The second kappa shape index (κ2) is 4.35. The summed E-state index contributed by atoms with van der Waals surface area (Å²) in [5.41, 5.74) is 1.46. The lowest BCUT2D eigenvalue weighted by atomic mass is 9.93. The van der Waals surface area contributed by atoms with E-state index >= 15 is 0 Å². The van der Waals surface area contributed by atoms with Gasteiger partial charge in [0.25, 0.3) is 0 Å². The van der Waals surface area contributed by atoms with Gasteiger partial charge in [-0.05, 0) is 62.5 Å². The van der Waals surface area contributed by atoms with Gasteiger partial charge in [-0.3, -0.25) is 0 Å². The minimum absolute atomic E-state index is 1.07. The Balaban J connectivity index is 2.25. The van der Waals surface area contributed by atoms with Crippen LogP contribution in [-0.4, -0.2) is 0 Å². The Morgan fingerprint density at radius 1 is 0.600 bits per heavy atom. The van der Waals surface area contributed by atoms with Gasteiger partial charge >= 0.3 is 0 Å². The predicted molar refractivity (Wildman–Crippen MR) is 88.3 cm³/mol. The first-order valence-corrected chi connectivity index (χ1v) is 7.20. The molecule has 0 aliphatic rings. The number of hydrogen-bond donors (Lipinski definition) is 0. The molecule has 0 fully saturated rings. The molecule has 0 saturated carbocycles. The molecular weight excluding hydrogens is 240 g/mol. The van der Waals surface area contributed by atoms with Crippen LogP contribution in [0.15, 0.2) is 66.7 Å². The summed E-state index contributed by atoms with van der Waals surface area (Å²) in [5.74, 6) is 0. The van der Waals surface area contributed by atoms with Crippen molar-refractivity contribution in [1.82, 2.24) is 0 Å². The minimum Gasteiger partial charge on any atom is -0.0616 e. The Hall–Kier alpha value is -2.34. The summed E-state index contributed by atoms with van der Waals surface area (Å²) in [6.07, 6.45) is 1.07. The molecule has 0 spiro atoms. The van der Waals surface area contributed by atoms with Gasteiger partial charge in [0.2, 0.25) is 0 Å². The van der Waals surface area contributed by atoms with Crippen molar-refractivity contribution in [2.24, 2.45) is 0 Å². The second-order valence-corrected chi connectivity index (χ2v) is 5.35. The van der Waals surface area contributed by atoms with Crippen LogP contribution in [0, 0.1) is 0 Å². The number of hydrogen-bond acceptors (Lipinski definition) is 0. The molecule has 4 aromatic carbocycles. The predicted octanol–water partition coefficient (Wildman–Crippen LogP) is 5.71. The van der Waals surface area contributed by atoms with E-state index in [1.807, 2.05) is 0 Å². The van der Waals surface area contributed by atoms with Crippen molar-refractivity contribution in [3.8, 4) is 0 Å². The monoisotopic (exact) mass is 256 g/mol. The standard InChI is InChI=1S/C20H16/c1-2-18-19-10-6-5-9-16(19)12-17-11-14-7-3-4-8-15(14)13-20(17)18/h3-13H,2H2,1H3. The molecule has 0 nitrogen and oxygen atoms in total. The molecule has 0 aromatic heterocycles. The minimum atomic E-state index is 1.07. The highest BCUT2D eigenvalue weighted by atomic mass is 14.1. The van der Waals surface area contributed by atoms with Gasteiger partial charge in [0, 0.05) is 0 Å². The summed E-state index contributed by atoms with van der Waals surface area (Å²) in [4.78, 5) is 0. The molecule has 0 N–H and O–H groups in total. The molecule has 0 heterocycles. The van der Waals surface area contributed by atoms with Gasteiger partial charge in [0.05, 0.1) is 0 Å². The molecule has 0 amide bonds. The number of benzene rings is 4. The van der Waals surface area contributed by atoms with Crippen LogP contribution in [0.5, 0.6) is 0 Å². The van der Waals surface area contributed by atoms with Crippen LogP contribution in [0.3, 0.4) is 0 Å². The fourth-order valence-corrected chi connectivity index (χ4v) is 3.23. The van der Waals surface area contributed by atoms with Crippen LogP contribution < -0.4 is 0 Å². The molecule has 0 saturated heterocycles. The molecule has 0 radical (unpaired) electrons. The van der Waals surface area contributed by atoms with Crippen molar-refractivity contribution in [2.45, 2.75) is 13.3 Å². The molecule has 4 rings (SSSR count). The fourth-order valence-electron chi connectivity index (χ4n) is 3.23. The van der Waals surface area contributed by atoms with Crippen LogP contribution in [-0.2, 0) is 6.42 Å². The Labute approximate surface area is 118 Å². The Morgan fingerprint density at radius 2 is 1.20 bits per heavy atom. The second-order valence-electron chi connectivity index (χ2n) is 5.35. The Morgan fingerprint density at radius 3 is 1.95 bits per heavy atom. The van der Waals surface area contributed by atoms with Crippen molar-refractivity contribution >= 4 is 32.3 Å². The van der Waals surface area contributed by atoms with E-state index in [9.17, 15) is 0 Å². The molecule has 0 unspecified atom stereocenters. The topological polar surface area (TPSA) is 0 Å². The molecule has 96 valence electrons. The maximum absolute atomic E-state index is 2.34. The normalized spacial score (nSPS) is 11.4. The largest absolute Gasteiger partial charge is 0.0616 e. The van der Waals surface area contributed by atoms with Crippen molar-refractivity contribution < 1.29 is 0 Å². The Kier molecular flexibility index (Phi) is 2.50. The average Bonchev–Trinajstić information content (AvgIpc) is 2.50. The van der Waals surface area contributed by atoms with Crippen molar-refractivity contribution in [3.05, 3.63) is 72.3 Å². The van der Waals surface area contributed by atoms with Crippen molar-refractivity contribution in [2.75, 3.05) is 0 Å². The lowest BCUT2D eigenvalue weighted by Crippen LogP contribution is -1.88. The highest BCUT2D eigenvalue weighted by Crippen LogP contribution is 2.31. The van der Waals surface area contributed by atoms with Gasteiger partial charge in [-0.15, -0.1) is 0 Å². The van der Waals surface area contributed by atoms with Crippen molar-refractivity contribution in [1.29, 1.82) is 0 Å². The lowest BCUT2D eigenvalue weighted by molar-refractivity contribution is 1.18. The molecule has 0 heteroatoms. The van der Waals surface area contributed by atoms with Crippen LogP contribution in [0.2, 0.25) is 0 Å². The number of aryl methyl sites for hydroxylation is 1. The maximum Gasteiger partial charge on any atom is -0.0139 e. The molecule has 0 atom stereocenters. The number of fused-ring (bicyclic) bond motifs is 3. The maximum atomic E-state index is 2.34. The van der Waals surface area contributed by atoms with Gasteiger partial charge in [-0.1, -0.05) is 55.5 Å². The third-order valence-corrected chi connectivity index (χ3v) is 4.19. The van der Waals surface area contributed by atoms with E-state index in [0.29, 0.717) is 0 Å². The van der Waals surface area contributed by atoms with Crippen LogP contribution in [0.25, 0.3) is 32.3 Å². The zero-order valence-corrected chi connectivity index (χ0v) is 11.6. The summed E-state index contributed by atoms with van der Waals surface area (Å²) in [6, 6.07) is 24.3. The van der Waals surface area contributed by atoms with E-state index in [-0.39, 0.29) is 0 Å². The molecule has 0 aliphatic heterocycles.